The lowest BCUT2D eigenvalue weighted by atomic mass is 10.1. The molecule has 0 N–H and O–H groups in total. The summed E-state index contributed by atoms with van der Waals surface area (Å²) in [6.07, 6.45) is 3.85. The SMILES string of the molecule is CC(=O)N1/C(=C/c2ccc3cc(CN(C)C4CCOCC4)ccc3n2)C(=O)c2ccccc21. The van der Waals surface area contributed by atoms with Crippen LogP contribution in [0.3, 0.4) is 0 Å². The van der Waals surface area contributed by atoms with Gasteiger partial charge < -0.3 is 4.74 Å². The summed E-state index contributed by atoms with van der Waals surface area (Å²) in [5, 5.41) is 1.06. The second-order valence-electron chi connectivity index (χ2n) is 8.75. The van der Waals surface area contributed by atoms with Gasteiger partial charge in [-0.1, -0.05) is 24.3 Å². The van der Waals surface area contributed by atoms with Crippen LogP contribution in [0.1, 0.15) is 41.4 Å². The number of carbonyl (C=O) groups excluding carboxylic acids is 2. The van der Waals surface area contributed by atoms with Gasteiger partial charge in [-0.05, 0) is 61.9 Å². The van der Waals surface area contributed by atoms with Crippen molar-refractivity contribution < 1.29 is 14.3 Å². The van der Waals surface area contributed by atoms with Crippen LogP contribution in [-0.4, -0.2) is 47.9 Å². The highest BCUT2D eigenvalue weighted by atomic mass is 16.5. The van der Waals surface area contributed by atoms with Gasteiger partial charge in [0, 0.05) is 43.7 Å². The van der Waals surface area contributed by atoms with E-state index < -0.39 is 0 Å². The molecule has 1 saturated heterocycles. The maximum atomic E-state index is 13.0. The number of Topliss-reactive ketones (excluding diaryl/α,β-unsaturated/α-hetero) is 1. The number of benzene rings is 2. The Morgan fingerprint density at radius 3 is 2.73 bits per heavy atom. The second kappa shape index (κ2) is 8.89. The van der Waals surface area contributed by atoms with Gasteiger partial charge in [0.25, 0.3) is 0 Å². The lowest BCUT2D eigenvalue weighted by molar-refractivity contribution is -0.116. The fourth-order valence-electron chi connectivity index (χ4n) is 4.75. The number of pyridine rings is 1. The van der Waals surface area contributed by atoms with Gasteiger partial charge in [-0.25, -0.2) is 4.98 Å². The molecule has 0 unspecified atom stereocenters. The van der Waals surface area contributed by atoms with Gasteiger partial charge in [-0.2, -0.15) is 0 Å². The molecule has 0 atom stereocenters. The van der Waals surface area contributed by atoms with E-state index in [1.165, 1.54) is 17.4 Å². The molecule has 1 amide bonds. The van der Waals surface area contributed by atoms with Crippen LogP contribution in [0.15, 0.2) is 60.3 Å². The molecule has 0 aliphatic carbocycles. The highest BCUT2D eigenvalue weighted by Crippen LogP contribution is 2.35. The molecule has 2 aliphatic rings. The predicted molar refractivity (Wildman–Crippen MR) is 129 cm³/mol. The molecule has 3 aromatic rings. The summed E-state index contributed by atoms with van der Waals surface area (Å²) in [4.78, 5) is 33.9. The molecule has 3 heterocycles. The van der Waals surface area contributed by atoms with Crippen molar-refractivity contribution in [2.75, 3.05) is 25.2 Å². The van der Waals surface area contributed by atoms with Gasteiger partial charge >= 0.3 is 0 Å². The summed E-state index contributed by atoms with van der Waals surface area (Å²) in [6, 6.07) is 18.0. The van der Waals surface area contributed by atoms with E-state index in [1.807, 2.05) is 30.3 Å². The summed E-state index contributed by atoms with van der Waals surface area (Å²) < 4.78 is 5.48. The Hall–Kier alpha value is -3.35. The molecule has 33 heavy (non-hydrogen) atoms. The van der Waals surface area contributed by atoms with Crippen molar-refractivity contribution in [3.63, 3.8) is 0 Å². The van der Waals surface area contributed by atoms with E-state index in [1.54, 1.807) is 18.2 Å². The van der Waals surface area contributed by atoms with Crippen molar-refractivity contribution in [2.24, 2.45) is 0 Å². The van der Waals surface area contributed by atoms with Crippen molar-refractivity contribution in [3.8, 4) is 0 Å². The summed E-state index contributed by atoms with van der Waals surface area (Å²) in [7, 11) is 2.17. The summed E-state index contributed by atoms with van der Waals surface area (Å²) in [6.45, 7) is 4.02. The third-order valence-corrected chi connectivity index (χ3v) is 6.48. The van der Waals surface area contributed by atoms with Crippen molar-refractivity contribution >= 4 is 34.4 Å². The van der Waals surface area contributed by atoms with Crippen molar-refractivity contribution in [3.05, 3.63) is 77.1 Å². The number of para-hydroxylation sites is 1. The molecular weight excluding hydrogens is 414 g/mol. The molecule has 6 nitrogen and oxygen atoms in total. The minimum absolute atomic E-state index is 0.158. The third kappa shape index (κ3) is 4.19. The van der Waals surface area contributed by atoms with Crippen LogP contribution < -0.4 is 4.90 Å². The molecule has 0 bridgehead atoms. The standard InChI is InChI=1S/C27H27N3O3/c1-18(31)30-25-6-4-3-5-23(25)27(32)26(30)16-21-9-8-20-15-19(7-10-24(20)28-21)17-29(2)22-11-13-33-14-12-22/h3-10,15-16,22H,11-14,17H2,1-2H3/b26-16+. The van der Waals surface area contributed by atoms with Gasteiger partial charge in [0.05, 0.1) is 22.6 Å². The largest absolute Gasteiger partial charge is 0.381 e. The maximum Gasteiger partial charge on any atom is 0.228 e. The normalized spacial score (nSPS) is 17.8. The van der Waals surface area contributed by atoms with Crippen LogP contribution in [0.5, 0.6) is 0 Å². The number of ketones is 1. The molecule has 5 rings (SSSR count). The second-order valence-corrected chi connectivity index (χ2v) is 8.75. The molecule has 0 spiro atoms. The number of fused-ring (bicyclic) bond motifs is 2. The van der Waals surface area contributed by atoms with E-state index in [9.17, 15) is 9.59 Å². The van der Waals surface area contributed by atoms with E-state index in [0.29, 0.717) is 28.7 Å². The highest BCUT2D eigenvalue weighted by molar-refractivity contribution is 6.26. The number of anilines is 1. The fourth-order valence-corrected chi connectivity index (χ4v) is 4.75. The Balaban J connectivity index is 1.41. The number of allylic oxidation sites excluding steroid dienone is 1. The van der Waals surface area contributed by atoms with Crippen LogP contribution in [0.25, 0.3) is 17.0 Å². The van der Waals surface area contributed by atoms with Crippen LogP contribution in [0.4, 0.5) is 5.69 Å². The Morgan fingerprint density at radius 1 is 1.15 bits per heavy atom. The van der Waals surface area contributed by atoms with Gasteiger partial charge in [-0.15, -0.1) is 0 Å². The van der Waals surface area contributed by atoms with Gasteiger partial charge in [0.15, 0.2) is 0 Å². The number of aromatic nitrogens is 1. The molecule has 2 aliphatic heterocycles. The summed E-state index contributed by atoms with van der Waals surface area (Å²) in [5.41, 5.74) is 4.26. The number of carbonyl (C=O) groups is 2. The molecule has 0 radical (unpaired) electrons. The molecule has 2 aromatic carbocycles. The first-order chi connectivity index (χ1) is 16.0. The summed E-state index contributed by atoms with van der Waals surface area (Å²) >= 11 is 0. The lowest BCUT2D eigenvalue weighted by Gasteiger charge is -2.31. The van der Waals surface area contributed by atoms with Gasteiger partial charge in [0.1, 0.15) is 0 Å². The number of hydrogen-bond acceptors (Lipinski definition) is 5. The molecule has 168 valence electrons. The van der Waals surface area contributed by atoms with E-state index in [-0.39, 0.29) is 11.7 Å². The monoisotopic (exact) mass is 441 g/mol. The first-order valence-corrected chi connectivity index (χ1v) is 11.3. The van der Waals surface area contributed by atoms with Crippen molar-refractivity contribution in [2.45, 2.75) is 32.4 Å². The first kappa shape index (κ1) is 21.5. The Bertz CT molecular complexity index is 1260. The quantitative estimate of drug-likeness (QED) is 0.561. The molecular formula is C27H27N3O3. The van der Waals surface area contributed by atoms with E-state index in [0.717, 1.165) is 43.5 Å². The van der Waals surface area contributed by atoms with Gasteiger partial charge in [0.2, 0.25) is 11.7 Å². The average molecular weight is 442 g/mol. The number of amides is 1. The zero-order chi connectivity index (χ0) is 22.9. The van der Waals surface area contributed by atoms with Crippen LogP contribution in [-0.2, 0) is 16.1 Å². The number of ether oxygens (including phenoxy) is 1. The van der Waals surface area contributed by atoms with E-state index >= 15 is 0 Å². The van der Waals surface area contributed by atoms with Gasteiger partial charge in [-0.3, -0.25) is 19.4 Å². The maximum absolute atomic E-state index is 13.0. The summed E-state index contributed by atoms with van der Waals surface area (Å²) in [5.74, 6) is -0.354. The smallest absolute Gasteiger partial charge is 0.228 e. The third-order valence-electron chi connectivity index (χ3n) is 6.48. The zero-order valence-electron chi connectivity index (χ0n) is 19.0. The van der Waals surface area contributed by atoms with E-state index in [4.69, 9.17) is 9.72 Å². The van der Waals surface area contributed by atoms with Crippen LogP contribution in [0.2, 0.25) is 0 Å². The Kier molecular flexibility index (Phi) is 5.79. The van der Waals surface area contributed by atoms with Crippen LogP contribution in [0, 0.1) is 0 Å². The fraction of sp³-hybridized carbons (Fsp3) is 0.296. The molecule has 1 fully saturated rings. The minimum Gasteiger partial charge on any atom is -0.381 e. The predicted octanol–water partition coefficient (Wildman–Crippen LogP) is 4.44. The van der Waals surface area contributed by atoms with Crippen LogP contribution >= 0.6 is 0 Å². The topological polar surface area (TPSA) is 62.7 Å². The minimum atomic E-state index is -0.196. The zero-order valence-corrected chi connectivity index (χ0v) is 19.0. The molecule has 1 aromatic heterocycles. The first-order valence-electron chi connectivity index (χ1n) is 11.3. The lowest BCUT2D eigenvalue weighted by Crippen LogP contribution is -2.36. The van der Waals surface area contributed by atoms with Crippen molar-refractivity contribution in [1.29, 1.82) is 0 Å². The Labute approximate surface area is 193 Å². The number of rotatable bonds is 4. The highest BCUT2D eigenvalue weighted by Gasteiger charge is 2.34. The average Bonchev–Trinajstić information content (AvgIpc) is 3.11. The van der Waals surface area contributed by atoms with Crippen molar-refractivity contribution in [1.82, 2.24) is 9.88 Å². The molecule has 6 heteroatoms. The number of hydrogen-bond donors (Lipinski definition) is 0. The Morgan fingerprint density at radius 2 is 1.94 bits per heavy atom. The molecule has 0 saturated carbocycles. The number of nitrogens with zero attached hydrogens (tertiary/aromatic N) is 3. The van der Waals surface area contributed by atoms with E-state index in [2.05, 4.69) is 24.1 Å².